The largest absolute Gasteiger partial charge is 0.507 e. The fraction of sp³-hybridized carbons (Fsp3) is 0.214. The predicted octanol–water partition coefficient (Wildman–Crippen LogP) is 5.50. The summed E-state index contributed by atoms with van der Waals surface area (Å²) in [6.45, 7) is 4.96. The minimum atomic E-state index is -0.778. The lowest BCUT2D eigenvalue weighted by molar-refractivity contribution is -0.132. The van der Waals surface area contributed by atoms with Crippen LogP contribution in [0.4, 0.5) is 5.69 Å². The predicted molar refractivity (Wildman–Crippen MR) is 131 cm³/mol. The van der Waals surface area contributed by atoms with Gasteiger partial charge in [0.05, 0.1) is 24.8 Å². The maximum absolute atomic E-state index is 13.2. The molecule has 0 saturated carbocycles. The minimum absolute atomic E-state index is 0.0396. The lowest BCUT2D eigenvalue weighted by Gasteiger charge is -2.25. The van der Waals surface area contributed by atoms with Crippen molar-refractivity contribution in [2.24, 2.45) is 0 Å². The van der Waals surface area contributed by atoms with Crippen LogP contribution in [0.2, 0.25) is 0 Å². The van der Waals surface area contributed by atoms with Crippen LogP contribution >= 0.6 is 0 Å². The van der Waals surface area contributed by atoms with E-state index in [9.17, 15) is 14.7 Å². The van der Waals surface area contributed by atoms with Crippen LogP contribution in [0.15, 0.2) is 84.4 Å². The van der Waals surface area contributed by atoms with Gasteiger partial charge in [0, 0.05) is 11.3 Å². The van der Waals surface area contributed by atoms with Crippen molar-refractivity contribution in [3.8, 4) is 11.5 Å². The number of aliphatic hydroxyl groups is 1. The van der Waals surface area contributed by atoms with Gasteiger partial charge in [0.2, 0.25) is 0 Å². The van der Waals surface area contributed by atoms with Crippen LogP contribution in [0.25, 0.3) is 5.76 Å². The smallest absolute Gasteiger partial charge is 0.300 e. The SMILES string of the molecule is CCCOc1cccc(/C(O)=C2/C(=O)C(=O)N(c3ccc(OCC)cc3)C2c2ccccc2)c1. The van der Waals surface area contributed by atoms with E-state index in [4.69, 9.17) is 9.47 Å². The second-order valence-corrected chi connectivity index (χ2v) is 7.88. The highest BCUT2D eigenvalue weighted by Gasteiger charge is 2.46. The summed E-state index contributed by atoms with van der Waals surface area (Å²) >= 11 is 0. The first-order valence-corrected chi connectivity index (χ1v) is 11.4. The summed E-state index contributed by atoms with van der Waals surface area (Å²) < 4.78 is 11.2. The molecule has 0 bridgehead atoms. The summed E-state index contributed by atoms with van der Waals surface area (Å²) in [6.07, 6.45) is 0.845. The molecule has 3 aromatic carbocycles. The first-order chi connectivity index (χ1) is 16.5. The summed E-state index contributed by atoms with van der Waals surface area (Å²) in [7, 11) is 0. The Labute approximate surface area is 199 Å². The van der Waals surface area contributed by atoms with Crippen LogP contribution in [-0.2, 0) is 9.59 Å². The Morgan fingerprint density at radius 1 is 0.882 bits per heavy atom. The maximum Gasteiger partial charge on any atom is 0.300 e. The molecule has 3 aromatic rings. The third kappa shape index (κ3) is 4.53. The van der Waals surface area contributed by atoms with E-state index in [1.807, 2.05) is 44.2 Å². The summed E-state index contributed by atoms with van der Waals surface area (Å²) in [6, 6.07) is 22.4. The Balaban J connectivity index is 1.83. The van der Waals surface area contributed by atoms with Crippen molar-refractivity contribution in [1.82, 2.24) is 0 Å². The summed E-state index contributed by atoms with van der Waals surface area (Å²) in [5, 5.41) is 11.3. The second kappa shape index (κ2) is 10.3. The number of rotatable bonds is 8. The van der Waals surface area contributed by atoms with Crippen LogP contribution in [0.3, 0.4) is 0 Å². The number of Topliss-reactive ketones (excluding diaryl/α,β-unsaturated/α-hetero) is 1. The molecule has 1 N–H and O–H groups in total. The van der Waals surface area contributed by atoms with E-state index in [1.165, 1.54) is 4.90 Å². The number of benzene rings is 3. The molecule has 1 atom stereocenters. The zero-order valence-corrected chi connectivity index (χ0v) is 19.2. The first kappa shape index (κ1) is 23.1. The molecule has 1 amide bonds. The van der Waals surface area contributed by atoms with Gasteiger partial charge in [0.1, 0.15) is 17.3 Å². The lowest BCUT2D eigenvalue weighted by Crippen LogP contribution is -2.29. The van der Waals surface area contributed by atoms with Crippen LogP contribution in [-0.4, -0.2) is 30.0 Å². The van der Waals surface area contributed by atoms with Gasteiger partial charge in [0.15, 0.2) is 0 Å². The summed E-state index contributed by atoms with van der Waals surface area (Å²) in [5.41, 5.74) is 1.71. The van der Waals surface area contributed by atoms with E-state index in [-0.39, 0.29) is 11.3 Å². The number of aliphatic hydroxyl groups excluding tert-OH is 1. The van der Waals surface area contributed by atoms with E-state index in [0.717, 1.165) is 12.0 Å². The molecule has 174 valence electrons. The average molecular weight is 458 g/mol. The van der Waals surface area contributed by atoms with Gasteiger partial charge in [-0.15, -0.1) is 0 Å². The molecule has 0 spiro atoms. The third-order valence-corrected chi connectivity index (χ3v) is 5.57. The molecule has 0 aromatic heterocycles. The van der Waals surface area contributed by atoms with Crippen molar-refractivity contribution >= 4 is 23.1 Å². The molecule has 1 aliphatic heterocycles. The summed E-state index contributed by atoms with van der Waals surface area (Å²) in [4.78, 5) is 27.9. The van der Waals surface area contributed by atoms with Gasteiger partial charge in [-0.05, 0) is 55.3 Å². The normalized spacial score (nSPS) is 17.1. The highest BCUT2D eigenvalue weighted by molar-refractivity contribution is 6.51. The van der Waals surface area contributed by atoms with Gasteiger partial charge in [-0.3, -0.25) is 14.5 Å². The highest BCUT2D eigenvalue weighted by Crippen LogP contribution is 2.42. The number of hydrogen-bond acceptors (Lipinski definition) is 5. The van der Waals surface area contributed by atoms with Crippen LogP contribution < -0.4 is 14.4 Å². The van der Waals surface area contributed by atoms with Gasteiger partial charge >= 0.3 is 0 Å². The lowest BCUT2D eigenvalue weighted by atomic mass is 9.95. The Morgan fingerprint density at radius 2 is 1.62 bits per heavy atom. The van der Waals surface area contributed by atoms with Gasteiger partial charge in [0.25, 0.3) is 11.7 Å². The van der Waals surface area contributed by atoms with E-state index >= 15 is 0 Å². The standard InChI is InChI=1S/C28H27NO5/c1-3-17-34-23-12-8-11-20(18-23)26(30)24-25(19-9-6-5-7-10-19)29(28(32)27(24)31)21-13-15-22(16-14-21)33-4-2/h5-16,18,25,30H,3-4,17H2,1-2H3/b26-24-. The van der Waals surface area contributed by atoms with Crippen molar-refractivity contribution in [2.75, 3.05) is 18.1 Å². The van der Waals surface area contributed by atoms with Gasteiger partial charge < -0.3 is 14.6 Å². The summed E-state index contributed by atoms with van der Waals surface area (Å²) in [5.74, 6) is -0.411. The molecular weight excluding hydrogens is 430 g/mol. The third-order valence-electron chi connectivity index (χ3n) is 5.57. The molecule has 1 aliphatic rings. The minimum Gasteiger partial charge on any atom is -0.507 e. The van der Waals surface area contributed by atoms with Crippen LogP contribution in [0, 0.1) is 0 Å². The molecule has 34 heavy (non-hydrogen) atoms. The number of amides is 1. The Kier molecular flexibility index (Phi) is 6.97. The molecule has 6 nitrogen and oxygen atoms in total. The number of anilines is 1. The van der Waals surface area contributed by atoms with Crippen molar-refractivity contribution in [3.63, 3.8) is 0 Å². The zero-order valence-electron chi connectivity index (χ0n) is 19.2. The molecule has 6 heteroatoms. The fourth-order valence-electron chi connectivity index (χ4n) is 4.03. The van der Waals surface area contributed by atoms with Crippen molar-refractivity contribution in [2.45, 2.75) is 26.3 Å². The van der Waals surface area contributed by atoms with Gasteiger partial charge in [-0.25, -0.2) is 0 Å². The number of carbonyl (C=O) groups excluding carboxylic acids is 2. The molecule has 0 aliphatic carbocycles. The fourth-order valence-corrected chi connectivity index (χ4v) is 4.03. The Bertz CT molecular complexity index is 1200. The maximum atomic E-state index is 13.2. The number of nitrogens with zero attached hydrogens (tertiary/aromatic N) is 1. The second-order valence-electron chi connectivity index (χ2n) is 7.88. The molecular formula is C28H27NO5. The van der Waals surface area contributed by atoms with E-state index < -0.39 is 17.7 Å². The quantitative estimate of drug-likeness (QED) is 0.275. The number of ketones is 1. The van der Waals surface area contributed by atoms with Gasteiger partial charge in [-0.2, -0.15) is 0 Å². The topological polar surface area (TPSA) is 76.1 Å². The average Bonchev–Trinajstić information content (AvgIpc) is 3.14. The van der Waals surface area contributed by atoms with E-state index in [2.05, 4.69) is 0 Å². The Hall–Kier alpha value is -4.06. The zero-order chi connectivity index (χ0) is 24.1. The number of hydrogen-bond donors (Lipinski definition) is 1. The molecule has 0 radical (unpaired) electrons. The van der Waals surface area contributed by atoms with Crippen molar-refractivity contribution < 1.29 is 24.2 Å². The molecule has 4 rings (SSSR count). The van der Waals surface area contributed by atoms with Gasteiger partial charge in [-0.1, -0.05) is 49.4 Å². The van der Waals surface area contributed by atoms with E-state index in [1.54, 1.807) is 48.5 Å². The molecule has 1 heterocycles. The molecule has 1 saturated heterocycles. The van der Waals surface area contributed by atoms with Crippen LogP contribution in [0.5, 0.6) is 11.5 Å². The monoisotopic (exact) mass is 457 g/mol. The van der Waals surface area contributed by atoms with E-state index in [0.29, 0.717) is 36.0 Å². The van der Waals surface area contributed by atoms with Crippen molar-refractivity contribution in [3.05, 3.63) is 95.6 Å². The number of carbonyl (C=O) groups is 2. The van der Waals surface area contributed by atoms with Crippen molar-refractivity contribution in [1.29, 1.82) is 0 Å². The molecule has 1 unspecified atom stereocenters. The first-order valence-electron chi connectivity index (χ1n) is 11.4. The molecule has 1 fully saturated rings. The number of ether oxygens (including phenoxy) is 2. The Morgan fingerprint density at radius 3 is 2.29 bits per heavy atom. The van der Waals surface area contributed by atoms with Crippen LogP contribution in [0.1, 0.15) is 37.4 Å². The highest BCUT2D eigenvalue weighted by atomic mass is 16.5.